The molecule has 2 amide bonds. The van der Waals surface area contributed by atoms with E-state index in [4.69, 9.17) is 9.47 Å². The summed E-state index contributed by atoms with van der Waals surface area (Å²) in [6.07, 6.45) is 0. The van der Waals surface area contributed by atoms with E-state index in [-0.39, 0.29) is 23.0 Å². The van der Waals surface area contributed by atoms with Crippen molar-refractivity contribution in [2.24, 2.45) is 0 Å². The van der Waals surface area contributed by atoms with Crippen LogP contribution in [0.25, 0.3) is 0 Å². The van der Waals surface area contributed by atoms with Crippen molar-refractivity contribution in [3.05, 3.63) is 83.9 Å². The van der Waals surface area contributed by atoms with Crippen molar-refractivity contribution < 1.29 is 27.5 Å². The number of benzene rings is 3. The molecule has 3 aromatic carbocycles. The monoisotopic (exact) mass is 539 g/mol. The van der Waals surface area contributed by atoms with Crippen LogP contribution >= 0.6 is 0 Å². The van der Waals surface area contributed by atoms with Crippen LogP contribution in [0.3, 0.4) is 0 Å². The number of hydrogen-bond acceptors (Lipinski definition) is 6. The number of carbonyl (C=O) groups is 2. The van der Waals surface area contributed by atoms with Gasteiger partial charge >= 0.3 is 0 Å². The molecule has 1 N–H and O–H groups in total. The highest BCUT2D eigenvalue weighted by Crippen LogP contribution is 2.34. The average molecular weight is 540 g/mol. The summed E-state index contributed by atoms with van der Waals surface area (Å²) in [7, 11) is 0.238. The quantitative estimate of drug-likeness (QED) is 0.401. The van der Waals surface area contributed by atoms with Gasteiger partial charge in [0.2, 0.25) is 11.8 Å². The van der Waals surface area contributed by atoms with Gasteiger partial charge in [0, 0.05) is 19.7 Å². The first-order valence-corrected chi connectivity index (χ1v) is 13.4. The number of methoxy groups -OCH3 is 2. The largest absolute Gasteiger partial charge is 0.493 e. The normalized spacial score (nSPS) is 11.8. The van der Waals surface area contributed by atoms with Crippen molar-refractivity contribution >= 4 is 27.5 Å². The lowest BCUT2D eigenvalue weighted by atomic mass is 10.1. The van der Waals surface area contributed by atoms with Crippen molar-refractivity contribution in [2.75, 3.05) is 32.1 Å². The van der Waals surface area contributed by atoms with Crippen LogP contribution in [0, 0.1) is 6.92 Å². The molecule has 38 heavy (non-hydrogen) atoms. The maximum atomic E-state index is 13.8. The molecular weight excluding hydrogens is 506 g/mol. The Morgan fingerprint density at radius 2 is 1.55 bits per heavy atom. The molecule has 0 saturated carbocycles. The number of likely N-dealkylation sites (N-methyl/N-ethyl adjacent to an activating group) is 1. The van der Waals surface area contributed by atoms with Crippen molar-refractivity contribution in [1.29, 1.82) is 0 Å². The fourth-order valence-electron chi connectivity index (χ4n) is 3.99. The first-order chi connectivity index (χ1) is 18.1. The first-order valence-electron chi connectivity index (χ1n) is 12.0. The minimum Gasteiger partial charge on any atom is -0.493 e. The minimum atomic E-state index is -4.17. The van der Waals surface area contributed by atoms with E-state index in [0.29, 0.717) is 11.5 Å². The van der Waals surface area contributed by atoms with Crippen molar-refractivity contribution in [1.82, 2.24) is 10.2 Å². The van der Waals surface area contributed by atoms with Crippen LogP contribution in [-0.2, 0) is 26.2 Å². The van der Waals surface area contributed by atoms with E-state index in [2.05, 4.69) is 5.32 Å². The Morgan fingerprint density at radius 3 is 2.16 bits per heavy atom. The Labute approximate surface area is 224 Å². The Morgan fingerprint density at radius 1 is 0.921 bits per heavy atom. The van der Waals surface area contributed by atoms with Crippen molar-refractivity contribution in [3.8, 4) is 11.5 Å². The lowest BCUT2D eigenvalue weighted by Gasteiger charge is -2.32. The molecule has 0 aliphatic carbocycles. The van der Waals surface area contributed by atoms with Crippen LogP contribution < -0.4 is 19.1 Å². The number of nitrogens with one attached hydrogen (secondary N) is 1. The summed E-state index contributed by atoms with van der Waals surface area (Å²) in [5.41, 5.74) is 2.01. The van der Waals surface area contributed by atoms with E-state index in [1.165, 1.54) is 44.4 Å². The highest BCUT2D eigenvalue weighted by Gasteiger charge is 2.32. The lowest BCUT2D eigenvalue weighted by molar-refractivity contribution is -0.139. The van der Waals surface area contributed by atoms with Gasteiger partial charge in [0.05, 0.1) is 24.8 Å². The van der Waals surface area contributed by atoms with Gasteiger partial charge in [0.25, 0.3) is 10.0 Å². The molecule has 202 valence electrons. The van der Waals surface area contributed by atoms with Gasteiger partial charge in [0.15, 0.2) is 11.5 Å². The predicted molar refractivity (Wildman–Crippen MR) is 146 cm³/mol. The average Bonchev–Trinajstić information content (AvgIpc) is 2.94. The molecule has 0 saturated heterocycles. The van der Waals surface area contributed by atoms with E-state index in [0.717, 1.165) is 15.4 Å². The molecule has 1 atom stereocenters. The van der Waals surface area contributed by atoms with Gasteiger partial charge in [-0.2, -0.15) is 0 Å². The van der Waals surface area contributed by atoms with Crippen LogP contribution in [0.1, 0.15) is 18.1 Å². The third-order valence-electron chi connectivity index (χ3n) is 6.28. The summed E-state index contributed by atoms with van der Waals surface area (Å²) in [6.45, 7) is 3.12. The Bertz CT molecular complexity index is 1380. The SMILES string of the molecule is CNC(=O)[C@@H](C)N(Cc1ccccc1C)C(=O)CN(c1ccc(OC)c(OC)c1)S(=O)(=O)c1ccccc1. The third-order valence-corrected chi connectivity index (χ3v) is 8.07. The predicted octanol–water partition coefficient (Wildman–Crippen LogP) is 3.37. The van der Waals surface area contributed by atoms with E-state index in [1.54, 1.807) is 37.3 Å². The molecule has 9 nitrogen and oxygen atoms in total. The summed E-state index contributed by atoms with van der Waals surface area (Å²) < 4.78 is 39.3. The summed E-state index contributed by atoms with van der Waals surface area (Å²) >= 11 is 0. The second-order valence-corrected chi connectivity index (χ2v) is 10.5. The number of carbonyl (C=O) groups excluding carboxylic acids is 2. The number of hydrogen-bond donors (Lipinski definition) is 1. The van der Waals surface area contributed by atoms with Gasteiger partial charge in [-0.3, -0.25) is 13.9 Å². The van der Waals surface area contributed by atoms with Gasteiger partial charge in [-0.15, -0.1) is 0 Å². The number of amides is 2. The van der Waals surface area contributed by atoms with Crippen LogP contribution in [0.15, 0.2) is 77.7 Å². The van der Waals surface area contributed by atoms with Gasteiger partial charge in [0.1, 0.15) is 12.6 Å². The van der Waals surface area contributed by atoms with Gasteiger partial charge < -0.3 is 19.7 Å². The molecule has 10 heteroatoms. The molecule has 0 aliphatic heterocycles. The second-order valence-electron chi connectivity index (χ2n) is 8.60. The fraction of sp³-hybridized carbons (Fsp3) is 0.286. The number of sulfonamides is 1. The summed E-state index contributed by atoms with van der Waals surface area (Å²) in [4.78, 5) is 27.8. The van der Waals surface area contributed by atoms with Crippen molar-refractivity contribution in [2.45, 2.75) is 31.3 Å². The highest BCUT2D eigenvalue weighted by molar-refractivity contribution is 7.92. The van der Waals surface area contributed by atoms with Gasteiger partial charge in [-0.05, 0) is 49.2 Å². The Hall–Kier alpha value is -4.05. The maximum absolute atomic E-state index is 13.8. The molecule has 0 aliphatic rings. The highest BCUT2D eigenvalue weighted by atomic mass is 32.2. The molecule has 0 unspecified atom stereocenters. The standard InChI is InChI=1S/C28H33N3O6S/c1-20-11-9-10-12-22(20)18-30(21(2)28(33)29-3)27(32)19-31(38(34,35)24-13-7-6-8-14-24)23-15-16-25(36-4)26(17-23)37-5/h6-17,21H,18-19H2,1-5H3,(H,29,33)/t21-/m1/s1. The molecule has 0 heterocycles. The summed E-state index contributed by atoms with van der Waals surface area (Å²) in [5, 5.41) is 2.57. The van der Waals surface area contributed by atoms with Crippen LogP contribution in [-0.4, -0.2) is 59.0 Å². The van der Waals surface area contributed by atoms with Crippen LogP contribution in [0.2, 0.25) is 0 Å². The first kappa shape index (κ1) is 28.5. The zero-order valence-electron chi connectivity index (χ0n) is 22.2. The molecule has 3 aromatic rings. The molecule has 0 spiro atoms. The summed E-state index contributed by atoms with van der Waals surface area (Å²) in [6, 6.07) is 19.2. The van der Waals surface area contributed by atoms with E-state index in [1.807, 2.05) is 31.2 Å². The fourth-order valence-corrected chi connectivity index (χ4v) is 5.42. The number of rotatable bonds is 11. The van der Waals surface area contributed by atoms with E-state index < -0.39 is 28.5 Å². The van der Waals surface area contributed by atoms with Crippen molar-refractivity contribution in [3.63, 3.8) is 0 Å². The molecule has 0 fully saturated rings. The molecule has 0 aromatic heterocycles. The number of ether oxygens (including phenoxy) is 2. The summed E-state index contributed by atoms with van der Waals surface area (Å²) in [5.74, 6) is -0.190. The zero-order valence-corrected chi connectivity index (χ0v) is 23.0. The van der Waals surface area contributed by atoms with Crippen LogP contribution in [0.4, 0.5) is 5.69 Å². The third kappa shape index (κ3) is 6.25. The van der Waals surface area contributed by atoms with Crippen LogP contribution in [0.5, 0.6) is 11.5 Å². The molecule has 0 radical (unpaired) electrons. The lowest BCUT2D eigenvalue weighted by Crippen LogP contribution is -2.50. The number of aryl methyl sites for hydroxylation is 1. The zero-order chi connectivity index (χ0) is 27.9. The topological polar surface area (TPSA) is 105 Å². The minimum absolute atomic E-state index is 0.0207. The Balaban J connectivity index is 2.09. The number of anilines is 1. The molecular formula is C28H33N3O6S. The smallest absolute Gasteiger partial charge is 0.264 e. The van der Waals surface area contributed by atoms with E-state index >= 15 is 0 Å². The Kier molecular flexibility index (Phi) is 9.35. The van der Waals surface area contributed by atoms with Gasteiger partial charge in [-0.25, -0.2) is 8.42 Å². The molecule has 3 rings (SSSR count). The second kappa shape index (κ2) is 12.5. The van der Waals surface area contributed by atoms with E-state index in [9.17, 15) is 18.0 Å². The maximum Gasteiger partial charge on any atom is 0.264 e. The van der Waals surface area contributed by atoms with Gasteiger partial charge in [-0.1, -0.05) is 42.5 Å². The number of nitrogens with zero attached hydrogens (tertiary/aromatic N) is 2. The molecule has 0 bridgehead atoms.